The molecule has 0 aliphatic heterocycles. The molecule has 1 aromatic rings. The zero-order valence-electron chi connectivity index (χ0n) is 11.4. The molecule has 3 heteroatoms. The van der Waals surface area contributed by atoms with Crippen LogP contribution in [0, 0.1) is 11.7 Å². The van der Waals surface area contributed by atoms with Gasteiger partial charge in [-0.25, -0.2) is 4.39 Å². The number of rotatable bonds is 5. The highest BCUT2D eigenvalue weighted by molar-refractivity contribution is 5.27. The summed E-state index contributed by atoms with van der Waals surface area (Å²) in [6.45, 7) is 0.354. The molecule has 0 saturated heterocycles. The van der Waals surface area contributed by atoms with Gasteiger partial charge in [0.15, 0.2) is 0 Å². The van der Waals surface area contributed by atoms with Gasteiger partial charge in [0.1, 0.15) is 5.82 Å². The lowest BCUT2D eigenvalue weighted by molar-refractivity contribution is 0.155. The fraction of sp³-hybridized carbons (Fsp3) is 0.625. The molecule has 1 saturated carbocycles. The minimum absolute atomic E-state index is 0.0105. The fourth-order valence-corrected chi connectivity index (χ4v) is 3.30. The smallest absolute Gasteiger partial charge is 0.123 e. The molecule has 1 unspecified atom stereocenters. The van der Waals surface area contributed by atoms with E-state index in [1.165, 1.54) is 44.2 Å². The van der Waals surface area contributed by atoms with E-state index in [0.717, 1.165) is 12.0 Å². The molecule has 0 bridgehead atoms. The summed E-state index contributed by atoms with van der Waals surface area (Å²) in [4.78, 5) is 0. The Kier molecular flexibility index (Phi) is 4.94. The molecule has 0 spiro atoms. The number of benzene rings is 1. The van der Waals surface area contributed by atoms with Crippen LogP contribution < -0.4 is 5.73 Å². The van der Waals surface area contributed by atoms with Gasteiger partial charge in [0, 0.05) is 12.0 Å². The fourth-order valence-electron chi connectivity index (χ4n) is 3.30. The Labute approximate surface area is 114 Å². The zero-order chi connectivity index (χ0) is 13.7. The summed E-state index contributed by atoms with van der Waals surface area (Å²) < 4.78 is 13.4. The highest BCUT2D eigenvalue weighted by atomic mass is 19.1. The van der Waals surface area contributed by atoms with Gasteiger partial charge in [-0.3, -0.25) is 0 Å². The quantitative estimate of drug-likeness (QED) is 0.859. The summed E-state index contributed by atoms with van der Waals surface area (Å²) in [5.41, 5.74) is 6.29. The van der Waals surface area contributed by atoms with E-state index >= 15 is 0 Å². The summed E-state index contributed by atoms with van der Waals surface area (Å²) in [6, 6.07) is 6.54. The molecule has 1 fully saturated rings. The molecule has 1 aromatic carbocycles. The largest absolute Gasteiger partial charge is 0.395 e. The van der Waals surface area contributed by atoms with Crippen molar-refractivity contribution in [3.63, 3.8) is 0 Å². The maximum absolute atomic E-state index is 13.4. The zero-order valence-corrected chi connectivity index (χ0v) is 11.4. The molecule has 19 heavy (non-hydrogen) atoms. The summed E-state index contributed by atoms with van der Waals surface area (Å²) in [6.07, 6.45) is 7.11. The SMILES string of the molecule is NCC(CO)(CC1CCCCC1)c1cccc(F)c1. The molecule has 1 aliphatic rings. The number of hydrogen-bond acceptors (Lipinski definition) is 2. The first-order valence-electron chi connectivity index (χ1n) is 7.27. The van der Waals surface area contributed by atoms with Gasteiger partial charge >= 0.3 is 0 Å². The Hall–Kier alpha value is -0.930. The maximum Gasteiger partial charge on any atom is 0.123 e. The molecular weight excluding hydrogens is 241 g/mol. The van der Waals surface area contributed by atoms with Crippen molar-refractivity contribution in [2.24, 2.45) is 11.7 Å². The van der Waals surface area contributed by atoms with E-state index < -0.39 is 5.41 Å². The third-order valence-electron chi connectivity index (χ3n) is 4.53. The molecule has 3 N–H and O–H groups in total. The number of hydrogen-bond donors (Lipinski definition) is 2. The lowest BCUT2D eigenvalue weighted by Crippen LogP contribution is -2.41. The number of aliphatic hydroxyl groups is 1. The molecule has 0 aromatic heterocycles. The van der Waals surface area contributed by atoms with Crippen LogP contribution in [0.5, 0.6) is 0 Å². The first-order valence-corrected chi connectivity index (χ1v) is 7.27. The van der Waals surface area contributed by atoms with E-state index in [2.05, 4.69) is 0 Å². The molecule has 1 atom stereocenters. The standard InChI is InChI=1S/C16H24FNO/c17-15-8-4-7-14(9-15)16(11-18,12-19)10-13-5-2-1-3-6-13/h4,7-9,13,19H,1-3,5-6,10-12,18H2. The molecular formula is C16H24FNO. The highest BCUT2D eigenvalue weighted by Gasteiger charge is 2.33. The van der Waals surface area contributed by atoms with Crippen molar-refractivity contribution >= 4 is 0 Å². The van der Waals surface area contributed by atoms with Crippen LogP contribution in [-0.4, -0.2) is 18.3 Å². The normalized spacial score (nSPS) is 20.2. The van der Waals surface area contributed by atoms with E-state index in [9.17, 15) is 9.50 Å². The second-order valence-corrected chi connectivity index (χ2v) is 5.86. The monoisotopic (exact) mass is 265 g/mol. The highest BCUT2D eigenvalue weighted by Crippen LogP contribution is 2.36. The topological polar surface area (TPSA) is 46.2 Å². The maximum atomic E-state index is 13.4. The van der Waals surface area contributed by atoms with Crippen LogP contribution in [0.1, 0.15) is 44.1 Å². The Bertz CT molecular complexity index is 397. The number of nitrogens with two attached hydrogens (primary N) is 1. The second kappa shape index (κ2) is 6.49. The van der Waals surface area contributed by atoms with Gasteiger partial charge in [-0.1, -0.05) is 44.2 Å². The molecule has 1 aliphatic carbocycles. The van der Waals surface area contributed by atoms with Gasteiger partial charge in [0.25, 0.3) is 0 Å². The van der Waals surface area contributed by atoms with Crippen molar-refractivity contribution in [1.82, 2.24) is 0 Å². The lowest BCUT2D eigenvalue weighted by atomic mass is 9.71. The lowest BCUT2D eigenvalue weighted by Gasteiger charge is -2.36. The Morgan fingerprint density at radius 2 is 2.00 bits per heavy atom. The van der Waals surface area contributed by atoms with Gasteiger partial charge in [-0.2, -0.15) is 0 Å². The minimum Gasteiger partial charge on any atom is -0.395 e. The molecule has 0 radical (unpaired) electrons. The van der Waals surface area contributed by atoms with Crippen molar-refractivity contribution in [3.05, 3.63) is 35.6 Å². The van der Waals surface area contributed by atoms with Crippen LogP contribution in [0.3, 0.4) is 0 Å². The minimum atomic E-state index is -0.482. The first-order chi connectivity index (χ1) is 9.20. The van der Waals surface area contributed by atoms with Gasteiger partial charge in [-0.05, 0) is 30.0 Å². The van der Waals surface area contributed by atoms with E-state index in [4.69, 9.17) is 5.73 Å². The average Bonchev–Trinajstić information content (AvgIpc) is 2.46. The average molecular weight is 265 g/mol. The summed E-state index contributed by atoms with van der Waals surface area (Å²) in [5, 5.41) is 9.85. The van der Waals surface area contributed by atoms with Crippen molar-refractivity contribution in [3.8, 4) is 0 Å². The molecule has 2 nitrogen and oxygen atoms in total. The van der Waals surface area contributed by atoms with Crippen LogP contribution in [-0.2, 0) is 5.41 Å². The summed E-state index contributed by atoms with van der Waals surface area (Å²) >= 11 is 0. The Morgan fingerprint density at radius 1 is 1.26 bits per heavy atom. The van der Waals surface area contributed by atoms with Gasteiger partial charge in [0.2, 0.25) is 0 Å². The number of halogens is 1. The Morgan fingerprint density at radius 3 is 2.58 bits per heavy atom. The predicted molar refractivity (Wildman–Crippen MR) is 75.4 cm³/mol. The summed E-state index contributed by atoms with van der Waals surface area (Å²) in [5.74, 6) is 0.347. The van der Waals surface area contributed by atoms with Crippen LogP contribution in [0.2, 0.25) is 0 Å². The summed E-state index contributed by atoms with van der Waals surface area (Å²) in [7, 11) is 0. The molecule has 0 amide bonds. The van der Waals surface area contributed by atoms with Gasteiger partial charge < -0.3 is 10.8 Å². The van der Waals surface area contributed by atoms with Crippen molar-refractivity contribution in [1.29, 1.82) is 0 Å². The van der Waals surface area contributed by atoms with Crippen molar-refractivity contribution < 1.29 is 9.50 Å². The van der Waals surface area contributed by atoms with E-state index in [1.807, 2.05) is 6.07 Å². The van der Waals surface area contributed by atoms with Gasteiger partial charge in [-0.15, -0.1) is 0 Å². The van der Waals surface area contributed by atoms with Crippen LogP contribution >= 0.6 is 0 Å². The van der Waals surface area contributed by atoms with E-state index in [0.29, 0.717) is 12.5 Å². The number of aliphatic hydroxyl groups excluding tert-OH is 1. The molecule has 106 valence electrons. The van der Waals surface area contributed by atoms with Crippen molar-refractivity contribution in [2.45, 2.75) is 43.9 Å². The van der Waals surface area contributed by atoms with Crippen molar-refractivity contribution in [2.75, 3.05) is 13.2 Å². The molecule has 0 heterocycles. The Balaban J connectivity index is 2.20. The molecule has 2 rings (SSSR count). The first kappa shape index (κ1) is 14.5. The van der Waals surface area contributed by atoms with Gasteiger partial charge in [0.05, 0.1) is 6.61 Å². The van der Waals surface area contributed by atoms with E-state index in [1.54, 1.807) is 6.07 Å². The third kappa shape index (κ3) is 3.34. The second-order valence-electron chi connectivity index (χ2n) is 5.86. The van der Waals surface area contributed by atoms with Crippen LogP contribution in [0.25, 0.3) is 0 Å². The van der Waals surface area contributed by atoms with Crippen LogP contribution in [0.4, 0.5) is 4.39 Å². The van der Waals surface area contributed by atoms with Crippen LogP contribution in [0.15, 0.2) is 24.3 Å². The third-order valence-corrected chi connectivity index (χ3v) is 4.53. The van der Waals surface area contributed by atoms with E-state index in [-0.39, 0.29) is 12.4 Å². The predicted octanol–water partition coefficient (Wildman–Crippen LogP) is 2.98.